The molecule has 0 unspecified atom stereocenters. The molecule has 0 saturated carbocycles. The molecule has 1 aliphatic carbocycles. The number of benzene rings is 2. The number of aromatic nitrogens is 3. The number of aryl methyl sites for hydroxylation is 1. The largest absolute Gasteiger partial charge is 0.493 e. The average molecular weight is 451 g/mol. The lowest BCUT2D eigenvalue weighted by Crippen LogP contribution is -2.25. The summed E-state index contributed by atoms with van der Waals surface area (Å²) in [7, 11) is 3.03. The van der Waals surface area contributed by atoms with Crippen LogP contribution in [-0.4, -0.2) is 34.0 Å². The molecule has 5 aromatic rings. The smallest absolute Gasteiger partial charge is 0.262 e. The van der Waals surface area contributed by atoms with Crippen molar-refractivity contribution in [1.29, 1.82) is 0 Å². The summed E-state index contributed by atoms with van der Waals surface area (Å²) in [4.78, 5) is 32.1. The lowest BCUT2D eigenvalue weighted by Gasteiger charge is -2.17. The number of methoxy groups -OCH3 is 2. The fourth-order valence-corrected chi connectivity index (χ4v) is 4.93. The molecule has 3 heterocycles. The lowest BCUT2D eigenvalue weighted by molar-refractivity contribution is 0.104. The van der Waals surface area contributed by atoms with Crippen LogP contribution in [0.5, 0.6) is 11.5 Å². The van der Waals surface area contributed by atoms with Gasteiger partial charge in [-0.3, -0.25) is 9.59 Å². The zero-order chi connectivity index (χ0) is 23.4. The molecule has 3 aromatic heterocycles. The van der Waals surface area contributed by atoms with Gasteiger partial charge in [0.1, 0.15) is 5.65 Å². The maximum Gasteiger partial charge on any atom is 0.262 e. The van der Waals surface area contributed by atoms with Crippen LogP contribution in [0.2, 0.25) is 0 Å². The van der Waals surface area contributed by atoms with Crippen LogP contribution >= 0.6 is 0 Å². The van der Waals surface area contributed by atoms with Crippen LogP contribution in [-0.2, 0) is 13.0 Å². The summed E-state index contributed by atoms with van der Waals surface area (Å²) in [6.45, 7) is 0.364. The molecule has 0 spiro atoms. The van der Waals surface area contributed by atoms with Crippen molar-refractivity contribution in [3.63, 3.8) is 0 Å². The van der Waals surface area contributed by atoms with Gasteiger partial charge in [0.15, 0.2) is 17.3 Å². The van der Waals surface area contributed by atoms with E-state index in [2.05, 4.69) is 4.98 Å². The van der Waals surface area contributed by atoms with Gasteiger partial charge in [-0.15, -0.1) is 0 Å². The van der Waals surface area contributed by atoms with Crippen LogP contribution in [0.3, 0.4) is 0 Å². The Morgan fingerprint density at radius 1 is 0.912 bits per heavy atom. The van der Waals surface area contributed by atoms with Gasteiger partial charge < -0.3 is 18.4 Å². The molecule has 2 aromatic carbocycles. The minimum Gasteiger partial charge on any atom is -0.493 e. The summed E-state index contributed by atoms with van der Waals surface area (Å²) in [5.74, 6) is 0.684. The fourth-order valence-electron chi connectivity index (χ4n) is 4.93. The maximum absolute atomic E-state index is 13.9. The van der Waals surface area contributed by atoms with Crippen molar-refractivity contribution < 1.29 is 14.3 Å². The number of imidazole rings is 1. The molecule has 0 saturated heterocycles. The summed E-state index contributed by atoms with van der Waals surface area (Å²) in [5.41, 5.74) is 4.02. The Morgan fingerprint density at radius 2 is 1.71 bits per heavy atom. The van der Waals surface area contributed by atoms with E-state index < -0.39 is 0 Å². The van der Waals surface area contributed by atoms with Gasteiger partial charge in [0.25, 0.3) is 5.56 Å². The maximum atomic E-state index is 13.9. The molecule has 0 atom stereocenters. The predicted octanol–water partition coefficient (Wildman–Crippen LogP) is 4.12. The molecule has 34 heavy (non-hydrogen) atoms. The van der Waals surface area contributed by atoms with E-state index in [1.807, 2.05) is 53.2 Å². The highest BCUT2D eigenvalue weighted by Gasteiger charge is 2.33. The van der Waals surface area contributed by atoms with E-state index in [1.54, 1.807) is 22.8 Å². The van der Waals surface area contributed by atoms with Gasteiger partial charge in [-0.2, -0.15) is 0 Å². The first-order valence-corrected chi connectivity index (χ1v) is 11.0. The van der Waals surface area contributed by atoms with E-state index in [0.717, 1.165) is 16.9 Å². The standard InChI is InChI=1S/C27H21N3O4/c1-33-20-11-10-19-22-24(17-7-3-4-8-18(17)25(22)31)30(27(32)23(19)26(20)34-2)14-12-16-15-29-13-6-5-9-21(29)28-16/h3-11,13,15H,12,14H2,1-2H3. The highest BCUT2D eigenvalue weighted by Crippen LogP contribution is 2.43. The van der Waals surface area contributed by atoms with Gasteiger partial charge in [0, 0.05) is 41.9 Å². The van der Waals surface area contributed by atoms with Crippen molar-refractivity contribution in [2.24, 2.45) is 0 Å². The van der Waals surface area contributed by atoms with E-state index >= 15 is 0 Å². The third kappa shape index (κ3) is 2.80. The monoisotopic (exact) mass is 451 g/mol. The Labute approximate surface area is 194 Å². The highest BCUT2D eigenvalue weighted by atomic mass is 16.5. The van der Waals surface area contributed by atoms with Crippen LogP contribution < -0.4 is 15.0 Å². The zero-order valence-corrected chi connectivity index (χ0v) is 18.7. The van der Waals surface area contributed by atoms with Crippen LogP contribution in [0.1, 0.15) is 21.6 Å². The summed E-state index contributed by atoms with van der Waals surface area (Å²) >= 11 is 0. The first-order chi connectivity index (χ1) is 16.6. The number of carbonyl (C=O) groups is 1. The van der Waals surface area contributed by atoms with Crippen molar-refractivity contribution in [3.05, 3.63) is 94.2 Å². The van der Waals surface area contributed by atoms with Crippen molar-refractivity contribution in [3.8, 4) is 22.8 Å². The molecule has 1 aliphatic rings. The van der Waals surface area contributed by atoms with Crippen LogP contribution in [0.4, 0.5) is 0 Å². The number of pyridine rings is 2. The second-order valence-electron chi connectivity index (χ2n) is 8.23. The van der Waals surface area contributed by atoms with Crippen LogP contribution in [0.15, 0.2) is 71.8 Å². The Bertz CT molecular complexity index is 1650. The summed E-state index contributed by atoms with van der Waals surface area (Å²) < 4.78 is 14.7. The second kappa shape index (κ2) is 7.59. The van der Waals surface area contributed by atoms with Gasteiger partial charge in [-0.1, -0.05) is 30.3 Å². The molecule has 0 fully saturated rings. The highest BCUT2D eigenvalue weighted by molar-refractivity contribution is 6.27. The van der Waals surface area contributed by atoms with E-state index in [9.17, 15) is 9.59 Å². The average Bonchev–Trinajstić information content (AvgIpc) is 3.42. The molecule has 0 radical (unpaired) electrons. The molecule has 0 amide bonds. The number of nitrogens with zero attached hydrogens (tertiary/aromatic N) is 3. The van der Waals surface area contributed by atoms with Crippen molar-refractivity contribution >= 4 is 22.2 Å². The van der Waals surface area contributed by atoms with Gasteiger partial charge in [0.05, 0.1) is 36.6 Å². The molecule has 0 bridgehead atoms. The molecule has 0 N–H and O–H groups in total. The molecule has 7 nitrogen and oxygen atoms in total. The molecule has 168 valence electrons. The quantitative estimate of drug-likeness (QED) is 0.394. The zero-order valence-electron chi connectivity index (χ0n) is 18.7. The van der Waals surface area contributed by atoms with Gasteiger partial charge in [-0.05, 0) is 24.3 Å². The number of hydrogen-bond acceptors (Lipinski definition) is 5. The van der Waals surface area contributed by atoms with Gasteiger partial charge in [-0.25, -0.2) is 4.98 Å². The topological polar surface area (TPSA) is 74.8 Å². The number of ketones is 1. The summed E-state index contributed by atoms with van der Waals surface area (Å²) in [6, 6.07) is 16.8. The first-order valence-electron chi connectivity index (χ1n) is 11.0. The Hall–Kier alpha value is -4.39. The molecule has 0 aliphatic heterocycles. The van der Waals surface area contributed by atoms with E-state index in [1.165, 1.54) is 14.2 Å². The van der Waals surface area contributed by atoms with Gasteiger partial charge in [0.2, 0.25) is 0 Å². The fraction of sp³-hybridized carbons (Fsp3) is 0.148. The Balaban J connectivity index is 1.60. The summed E-state index contributed by atoms with van der Waals surface area (Å²) in [6.07, 6.45) is 4.43. The number of hydrogen-bond donors (Lipinski definition) is 0. The molecule has 7 heteroatoms. The Morgan fingerprint density at radius 3 is 2.47 bits per heavy atom. The van der Waals surface area contributed by atoms with Crippen molar-refractivity contribution in [2.45, 2.75) is 13.0 Å². The first kappa shape index (κ1) is 20.2. The summed E-state index contributed by atoms with van der Waals surface area (Å²) in [5, 5.41) is 0.916. The SMILES string of the molecule is COc1ccc2c3c(n(CCc4cn5ccccc5n4)c(=O)c2c1OC)-c1ccccc1C3=O. The number of fused-ring (bicyclic) bond motifs is 6. The second-order valence-corrected chi connectivity index (χ2v) is 8.23. The van der Waals surface area contributed by atoms with E-state index in [0.29, 0.717) is 52.1 Å². The minimum atomic E-state index is -0.224. The number of rotatable bonds is 5. The third-order valence-electron chi connectivity index (χ3n) is 6.44. The normalized spacial score (nSPS) is 12.2. The Kier molecular flexibility index (Phi) is 4.52. The minimum absolute atomic E-state index is 0.0932. The van der Waals surface area contributed by atoms with Crippen LogP contribution in [0, 0.1) is 0 Å². The van der Waals surface area contributed by atoms with E-state index in [4.69, 9.17) is 9.47 Å². The number of ether oxygens (including phenoxy) is 2. The predicted molar refractivity (Wildman–Crippen MR) is 129 cm³/mol. The van der Waals surface area contributed by atoms with E-state index in [-0.39, 0.29) is 11.3 Å². The molecule has 6 rings (SSSR count). The molecular formula is C27H21N3O4. The lowest BCUT2D eigenvalue weighted by atomic mass is 10.0. The third-order valence-corrected chi connectivity index (χ3v) is 6.44. The number of carbonyl (C=O) groups excluding carboxylic acids is 1. The van der Waals surface area contributed by atoms with Gasteiger partial charge >= 0.3 is 0 Å². The van der Waals surface area contributed by atoms with Crippen molar-refractivity contribution in [2.75, 3.05) is 14.2 Å². The van der Waals surface area contributed by atoms with Crippen molar-refractivity contribution in [1.82, 2.24) is 14.0 Å². The molecular weight excluding hydrogens is 430 g/mol. The van der Waals surface area contributed by atoms with Crippen LogP contribution in [0.25, 0.3) is 27.7 Å².